The van der Waals surface area contributed by atoms with E-state index >= 15 is 0 Å². The van der Waals surface area contributed by atoms with E-state index in [1.807, 2.05) is 13.8 Å². The molecule has 0 spiro atoms. The van der Waals surface area contributed by atoms with E-state index in [9.17, 15) is 8.42 Å². The van der Waals surface area contributed by atoms with Crippen LogP contribution in [0.5, 0.6) is 0 Å². The fourth-order valence-corrected chi connectivity index (χ4v) is 3.70. The van der Waals surface area contributed by atoms with Gasteiger partial charge in [-0.25, -0.2) is 13.1 Å². The van der Waals surface area contributed by atoms with Crippen LogP contribution < -0.4 is 10.5 Å². The van der Waals surface area contributed by atoms with Crippen LogP contribution in [0.25, 0.3) is 0 Å². The van der Waals surface area contributed by atoms with Gasteiger partial charge >= 0.3 is 0 Å². The first kappa shape index (κ1) is 13.6. The lowest BCUT2D eigenvalue weighted by Crippen LogP contribution is -2.31. The number of nitrogens with one attached hydrogen (secondary N) is 1. The van der Waals surface area contributed by atoms with E-state index in [4.69, 9.17) is 18.0 Å². The molecule has 1 atom stereocenters. The molecule has 0 saturated carbocycles. The molecule has 90 valence electrons. The molecule has 4 nitrogen and oxygen atoms in total. The highest BCUT2D eigenvalue weighted by Crippen LogP contribution is 2.21. The summed E-state index contributed by atoms with van der Waals surface area (Å²) in [5, 5.41) is 0. The minimum absolute atomic E-state index is 0.0830. The second-order valence-corrected chi connectivity index (χ2v) is 6.88. The Morgan fingerprint density at radius 1 is 1.62 bits per heavy atom. The Balaban J connectivity index is 2.94. The molecule has 1 rings (SSSR count). The fraction of sp³-hybridized carbons (Fsp3) is 0.444. The first-order chi connectivity index (χ1) is 7.36. The molecular formula is C9H14N2O2S3. The Morgan fingerprint density at radius 2 is 2.25 bits per heavy atom. The van der Waals surface area contributed by atoms with Crippen molar-refractivity contribution in [1.82, 2.24) is 4.72 Å². The van der Waals surface area contributed by atoms with Gasteiger partial charge in [-0.1, -0.05) is 19.1 Å². The number of hydrogen-bond donors (Lipinski definition) is 2. The lowest BCUT2D eigenvalue weighted by molar-refractivity contribution is 0.558. The van der Waals surface area contributed by atoms with E-state index in [0.717, 1.165) is 17.8 Å². The Morgan fingerprint density at radius 3 is 2.69 bits per heavy atom. The monoisotopic (exact) mass is 278 g/mol. The molecule has 1 aromatic heterocycles. The van der Waals surface area contributed by atoms with Crippen LogP contribution in [0.4, 0.5) is 0 Å². The van der Waals surface area contributed by atoms with E-state index < -0.39 is 10.0 Å². The van der Waals surface area contributed by atoms with E-state index in [-0.39, 0.29) is 15.2 Å². The summed E-state index contributed by atoms with van der Waals surface area (Å²) in [6.07, 6.45) is 0.743. The van der Waals surface area contributed by atoms with Crippen LogP contribution >= 0.6 is 23.6 Å². The summed E-state index contributed by atoms with van der Waals surface area (Å²) < 4.78 is 26.5. The van der Waals surface area contributed by atoms with Gasteiger partial charge in [0.05, 0.1) is 4.88 Å². The summed E-state index contributed by atoms with van der Waals surface area (Å²) in [4.78, 5) is 0.828. The highest BCUT2D eigenvalue weighted by molar-refractivity contribution is 7.91. The van der Waals surface area contributed by atoms with Crippen LogP contribution in [0.1, 0.15) is 25.1 Å². The second kappa shape index (κ2) is 5.22. The topological polar surface area (TPSA) is 72.2 Å². The highest BCUT2D eigenvalue weighted by atomic mass is 32.2. The second-order valence-electron chi connectivity index (χ2n) is 3.41. The van der Waals surface area contributed by atoms with Crippen LogP contribution in [-0.2, 0) is 10.0 Å². The number of rotatable bonds is 5. The lowest BCUT2D eigenvalue weighted by Gasteiger charge is -2.10. The third kappa shape index (κ3) is 3.24. The van der Waals surface area contributed by atoms with Crippen molar-refractivity contribution < 1.29 is 8.42 Å². The Hall–Kier alpha value is -0.500. The smallest absolute Gasteiger partial charge is 0.250 e. The third-order valence-electron chi connectivity index (χ3n) is 2.06. The molecule has 0 fully saturated rings. The van der Waals surface area contributed by atoms with Gasteiger partial charge in [-0.15, -0.1) is 11.3 Å². The molecule has 1 unspecified atom stereocenters. The molecule has 16 heavy (non-hydrogen) atoms. The predicted molar refractivity (Wildman–Crippen MR) is 70.3 cm³/mol. The summed E-state index contributed by atoms with van der Waals surface area (Å²) in [6.45, 7) is 3.74. The largest absolute Gasteiger partial charge is 0.389 e. The first-order valence-electron chi connectivity index (χ1n) is 4.78. The van der Waals surface area contributed by atoms with Gasteiger partial charge in [-0.3, -0.25) is 0 Å². The summed E-state index contributed by atoms with van der Waals surface area (Å²) in [7, 11) is -3.43. The predicted octanol–water partition coefficient (Wildman–Crippen LogP) is 1.46. The fourth-order valence-electron chi connectivity index (χ4n) is 1.00. The Bertz CT molecular complexity index is 479. The summed E-state index contributed by atoms with van der Waals surface area (Å²) in [6, 6.07) is 3.06. The SMILES string of the molecule is CCC(C)NS(=O)(=O)c1ccc(C(N)=S)s1. The van der Waals surface area contributed by atoms with Crippen molar-refractivity contribution in [3.05, 3.63) is 17.0 Å². The number of hydrogen-bond acceptors (Lipinski definition) is 4. The van der Waals surface area contributed by atoms with E-state index in [1.54, 1.807) is 6.07 Å². The molecule has 1 aromatic rings. The van der Waals surface area contributed by atoms with Gasteiger partial charge in [0.1, 0.15) is 9.20 Å². The first-order valence-corrected chi connectivity index (χ1v) is 7.49. The van der Waals surface area contributed by atoms with E-state index in [1.165, 1.54) is 6.07 Å². The molecule has 0 bridgehead atoms. The van der Waals surface area contributed by atoms with Crippen LogP contribution in [0.3, 0.4) is 0 Å². The minimum Gasteiger partial charge on any atom is -0.389 e. The van der Waals surface area contributed by atoms with Crippen LogP contribution in [-0.4, -0.2) is 19.4 Å². The molecule has 0 aliphatic carbocycles. The molecule has 1 heterocycles. The van der Waals surface area contributed by atoms with E-state index in [0.29, 0.717) is 4.88 Å². The van der Waals surface area contributed by atoms with Crippen LogP contribution in [0.15, 0.2) is 16.3 Å². The van der Waals surface area contributed by atoms with Crippen molar-refractivity contribution >= 4 is 38.6 Å². The van der Waals surface area contributed by atoms with Crippen molar-refractivity contribution in [1.29, 1.82) is 0 Å². The summed E-state index contributed by atoms with van der Waals surface area (Å²) in [5.41, 5.74) is 5.42. The van der Waals surface area contributed by atoms with Crippen LogP contribution in [0, 0.1) is 0 Å². The van der Waals surface area contributed by atoms with Gasteiger partial charge in [0.2, 0.25) is 10.0 Å². The quantitative estimate of drug-likeness (QED) is 0.800. The van der Waals surface area contributed by atoms with Gasteiger partial charge in [-0.2, -0.15) is 0 Å². The summed E-state index contributed by atoms with van der Waals surface area (Å²) >= 11 is 5.87. The van der Waals surface area contributed by atoms with Crippen molar-refractivity contribution in [2.45, 2.75) is 30.5 Å². The molecule has 7 heteroatoms. The van der Waals surface area contributed by atoms with Crippen molar-refractivity contribution in [3.8, 4) is 0 Å². The zero-order chi connectivity index (χ0) is 12.3. The lowest BCUT2D eigenvalue weighted by atomic mass is 10.3. The zero-order valence-corrected chi connectivity index (χ0v) is 11.5. The van der Waals surface area contributed by atoms with Gasteiger partial charge in [0.25, 0.3) is 0 Å². The zero-order valence-electron chi connectivity index (χ0n) is 9.06. The number of thiocarbonyl (C=S) groups is 1. The van der Waals surface area contributed by atoms with Crippen molar-refractivity contribution in [2.24, 2.45) is 5.73 Å². The van der Waals surface area contributed by atoms with Gasteiger partial charge in [0.15, 0.2) is 0 Å². The molecule has 0 amide bonds. The average Bonchev–Trinajstić information content (AvgIpc) is 2.66. The van der Waals surface area contributed by atoms with Crippen molar-refractivity contribution in [3.63, 3.8) is 0 Å². The molecule has 3 N–H and O–H groups in total. The number of sulfonamides is 1. The Kier molecular flexibility index (Phi) is 4.43. The van der Waals surface area contributed by atoms with Gasteiger partial charge in [0, 0.05) is 6.04 Å². The number of nitrogens with two attached hydrogens (primary N) is 1. The molecular weight excluding hydrogens is 264 g/mol. The standard InChI is InChI=1S/C9H14N2O2S3/c1-3-6(2)11-16(12,13)8-5-4-7(15-8)9(10)14/h4-6,11H,3H2,1-2H3,(H2,10,14). The van der Waals surface area contributed by atoms with E-state index in [2.05, 4.69) is 4.72 Å². The number of thiophene rings is 1. The molecule has 0 saturated heterocycles. The minimum atomic E-state index is -3.43. The maximum atomic E-state index is 11.9. The maximum Gasteiger partial charge on any atom is 0.250 e. The van der Waals surface area contributed by atoms with Crippen molar-refractivity contribution in [2.75, 3.05) is 0 Å². The molecule has 0 radical (unpaired) electrons. The van der Waals surface area contributed by atoms with Crippen LogP contribution in [0.2, 0.25) is 0 Å². The highest BCUT2D eigenvalue weighted by Gasteiger charge is 2.19. The van der Waals surface area contributed by atoms with Gasteiger partial charge < -0.3 is 5.73 Å². The van der Waals surface area contributed by atoms with Gasteiger partial charge in [-0.05, 0) is 25.5 Å². The molecule has 0 aliphatic heterocycles. The Labute approximate surface area is 105 Å². The molecule has 0 aliphatic rings. The normalized spacial score (nSPS) is 13.6. The third-order valence-corrected chi connectivity index (χ3v) is 5.61. The molecule has 0 aromatic carbocycles. The maximum absolute atomic E-state index is 11.9. The average molecular weight is 278 g/mol. The summed E-state index contributed by atoms with van der Waals surface area (Å²) in [5.74, 6) is 0.